The minimum atomic E-state index is -1.93. The molecule has 1 N–H and O–H groups in total. The second-order valence-electron chi connectivity index (χ2n) is 6.90. The molecule has 0 bridgehead atoms. The second-order valence-corrected chi connectivity index (χ2v) is 6.90. The molecule has 0 spiro atoms. The summed E-state index contributed by atoms with van der Waals surface area (Å²) in [6, 6.07) is 4.16. The highest BCUT2D eigenvalue weighted by molar-refractivity contribution is 5.76. The van der Waals surface area contributed by atoms with E-state index in [1.165, 1.54) is 17.3 Å². The fraction of sp³-hybridized carbons (Fsp3) is 0.211. The fourth-order valence-corrected chi connectivity index (χ4v) is 3.26. The number of halogens is 4. The van der Waals surface area contributed by atoms with Crippen molar-refractivity contribution in [1.29, 1.82) is 0 Å². The van der Waals surface area contributed by atoms with Crippen molar-refractivity contribution in [2.45, 2.75) is 25.1 Å². The van der Waals surface area contributed by atoms with E-state index in [0.717, 1.165) is 22.9 Å². The Kier molecular flexibility index (Phi) is 5.23. The third-order valence-corrected chi connectivity index (χ3v) is 4.82. The number of aryl methyl sites for hydroxylation is 1. The summed E-state index contributed by atoms with van der Waals surface area (Å²) < 4.78 is 56.8. The van der Waals surface area contributed by atoms with Crippen LogP contribution in [0.5, 0.6) is 0 Å². The molecule has 0 saturated heterocycles. The number of fused-ring (bicyclic) bond motifs is 1. The summed E-state index contributed by atoms with van der Waals surface area (Å²) in [5.74, 6) is -4.21. The molecule has 4 rings (SSSR count). The van der Waals surface area contributed by atoms with Crippen LogP contribution in [0.4, 0.5) is 17.6 Å². The van der Waals surface area contributed by atoms with Gasteiger partial charge in [0.1, 0.15) is 35.4 Å². The summed E-state index contributed by atoms with van der Waals surface area (Å²) in [7, 11) is 0. The molecule has 2 aromatic carbocycles. The van der Waals surface area contributed by atoms with Gasteiger partial charge >= 0.3 is 0 Å². The molecule has 4 aromatic rings. The normalized spacial score (nSPS) is 13.5. The molecular formula is C19H14F4N6O2. The van der Waals surface area contributed by atoms with Gasteiger partial charge in [-0.05, 0) is 12.1 Å². The first-order chi connectivity index (χ1) is 14.8. The first-order valence-corrected chi connectivity index (χ1v) is 9.00. The van der Waals surface area contributed by atoms with Gasteiger partial charge in [0.15, 0.2) is 11.6 Å². The van der Waals surface area contributed by atoms with Gasteiger partial charge in [-0.25, -0.2) is 31.9 Å². The minimum Gasteiger partial charge on any atom is -0.383 e. The lowest BCUT2D eigenvalue weighted by Gasteiger charge is -2.29. The number of hydrogen-bond donors (Lipinski definition) is 1. The highest BCUT2D eigenvalue weighted by atomic mass is 19.2. The van der Waals surface area contributed by atoms with E-state index in [4.69, 9.17) is 0 Å². The Labute approximate surface area is 171 Å². The van der Waals surface area contributed by atoms with Crippen LogP contribution in [-0.4, -0.2) is 34.9 Å². The first-order valence-electron chi connectivity index (χ1n) is 9.00. The minimum absolute atomic E-state index is 0.136. The summed E-state index contributed by atoms with van der Waals surface area (Å²) in [6.45, 7) is -0.520. The van der Waals surface area contributed by atoms with Gasteiger partial charge < -0.3 is 5.11 Å². The fourth-order valence-electron chi connectivity index (χ4n) is 3.26. The zero-order valence-corrected chi connectivity index (χ0v) is 15.7. The largest absolute Gasteiger partial charge is 0.383 e. The lowest BCUT2D eigenvalue weighted by atomic mass is 9.89. The maximum absolute atomic E-state index is 14.5. The van der Waals surface area contributed by atoms with Crippen molar-refractivity contribution < 1.29 is 22.7 Å². The van der Waals surface area contributed by atoms with Gasteiger partial charge in [-0.15, -0.1) is 5.10 Å². The average molecular weight is 434 g/mol. The predicted molar refractivity (Wildman–Crippen MR) is 98.6 cm³/mol. The van der Waals surface area contributed by atoms with Gasteiger partial charge in [-0.2, -0.15) is 5.10 Å². The van der Waals surface area contributed by atoms with Crippen molar-refractivity contribution in [1.82, 2.24) is 29.8 Å². The van der Waals surface area contributed by atoms with Gasteiger partial charge in [-0.3, -0.25) is 4.79 Å². The number of benzene rings is 2. The maximum atomic E-state index is 14.5. The van der Waals surface area contributed by atoms with Gasteiger partial charge in [0.2, 0.25) is 0 Å². The lowest BCUT2D eigenvalue weighted by molar-refractivity contribution is -0.00227. The van der Waals surface area contributed by atoms with Crippen molar-refractivity contribution in [2.75, 3.05) is 0 Å². The molecule has 0 aliphatic heterocycles. The maximum Gasteiger partial charge on any atom is 0.277 e. The Morgan fingerprint density at radius 3 is 2.52 bits per heavy atom. The van der Waals surface area contributed by atoms with Crippen LogP contribution in [0, 0.1) is 23.3 Å². The predicted octanol–water partition coefficient (Wildman–Crippen LogP) is 1.92. The number of rotatable bonds is 6. The Morgan fingerprint density at radius 2 is 1.81 bits per heavy atom. The van der Waals surface area contributed by atoms with Crippen LogP contribution < -0.4 is 5.56 Å². The molecular weight excluding hydrogens is 420 g/mol. The molecule has 160 valence electrons. The first kappa shape index (κ1) is 20.6. The van der Waals surface area contributed by atoms with Crippen LogP contribution in [-0.2, 0) is 18.7 Å². The SMILES string of the molecule is O=c1c2cc(F)c(F)cc2nnn1CCC(O)(Cn1cncn1)c1ccc(F)cc1F. The van der Waals surface area contributed by atoms with Gasteiger partial charge in [-0.1, -0.05) is 11.3 Å². The molecule has 1 atom stereocenters. The quantitative estimate of drug-likeness (QED) is 0.466. The Balaban J connectivity index is 1.70. The third kappa shape index (κ3) is 4.01. The van der Waals surface area contributed by atoms with Crippen LogP contribution >= 0.6 is 0 Å². The highest BCUT2D eigenvalue weighted by Gasteiger charge is 2.33. The van der Waals surface area contributed by atoms with Crippen molar-refractivity contribution in [3.05, 3.63) is 82.2 Å². The molecule has 12 heteroatoms. The summed E-state index contributed by atoms with van der Waals surface area (Å²) >= 11 is 0. The van der Waals surface area contributed by atoms with E-state index < -0.39 is 34.4 Å². The molecule has 0 amide bonds. The van der Waals surface area contributed by atoms with Crippen molar-refractivity contribution in [2.24, 2.45) is 0 Å². The Bertz CT molecular complexity index is 1310. The van der Waals surface area contributed by atoms with Crippen molar-refractivity contribution in [3.63, 3.8) is 0 Å². The van der Waals surface area contributed by atoms with E-state index >= 15 is 0 Å². The van der Waals surface area contributed by atoms with Crippen LogP contribution in [0.25, 0.3) is 10.9 Å². The molecule has 0 aliphatic rings. The van der Waals surface area contributed by atoms with E-state index in [1.807, 2.05) is 0 Å². The number of aliphatic hydroxyl groups is 1. The Morgan fingerprint density at radius 1 is 1.03 bits per heavy atom. The molecule has 0 saturated carbocycles. The molecule has 2 aromatic heterocycles. The highest BCUT2D eigenvalue weighted by Crippen LogP contribution is 2.30. The topological polar surface area (TPSA) is 98.7 Å². The zero-order valence-electron chi connectivity index (χ0n) is 15.7. The molecule has 2 heterocycles. The van der Waals surface area contributed by atoms with Gasteiger partial charge in [0.05, 0.1) is 11.9 Å². The van der Waals surface area contributed by atoms with Crippen LogP contribution in [0.2, 0.25) is 0 Å². The van der Waals surface area contributed by atoms with Gasteiger partial charge in [0.25, 0.3) is 5.56 Å². The van der Waals surface area contributed by atoms with E-state index in [0.29, 0.717) is 12.1 Å². The summed E-state index contributed by atoms with van der Waals surface area (Å²) in [5, 5.41) is 22.3. The van der Waals surface area contributed by atoms with E-state index in [-0.39, 0.29) is 36.0 Å². The van der Waals surface area contributed by atoms with E-state index in [9.17, 15) is 27.5 Å². The molecule has 0 fully saturated rings. The lowest BCUT2D eigenvalue weighted by Crippen LogP contribution is -2.36. The van der Waals surface area contributed by atoms with E-state index in [2.05, 4.69) is 20.4 Å². The monoisotopic (exact) mass is 434 g/mol. The van der Waals surface area contributed by atoms with Gasteiger partial charge in [0, 0.05) is 30.7 Å². The molecule has 0 aliphatic carbocycles. The second kappa shape index (κ2) is 7.87. The Hall–Kier alpha value is -3.67. The standard InChI is InChI=1S/C19H14F4N6O2/c20-11-1-2-13(14(21)5-11)19(31,8-28-10-24-9-25-28)3-4-29-18(30)12-6-15(22)16(23)7-17(12)26-27-29/h1-2,5-7,9-10,31H,3-4,8H2. The zero-order chi connectivity index (χ0) is 22.2. The molecule has 31 heavy (non-hydrogen) atoms. The molecule has 0 radical (unpaired) electrons. The van der Waals surface area contributed by atoms with Crippen LogP contribution in [0.15, 0.2) is 47.8 Å². The molecule has 1 unspecified atom stereocenters. The molecule has 8 nitrogen and oxygen atoms in total. The van der Waals surface area contributed by atoms with Crippen molar-refractivity contribution >= 4 is 10.9 Å². The van der Waals surface area contributed by atoms with Crippen LogP contribution in [0.3, 0.4) is 0 Å². The van der Waals surface area contributed by atoms with Crippen molar-refractivity contribution in [3.8, 4) is 0 Å². The number of aromatic nitrogens is 6. The summed E-state index contributed by atoms with van der Waals surface area (Å²) in [6.07, 6.45) is 2.25. The van der Waals surface area contributed by atoms with E-state index in [1.54, 1.807) is 0 Å². The number of hydrogen-bond acceptors (Lipinski definition) is 6. The summed E-state index contributed by atoms with van der Waals surface area (Å²) in [5.41, 5.74) is -3.07. The summed E-state index contributed by atoms with van der Waals surface area (Å²) in [4.78, 5) is 16.4. The average Bonchev–Trinajstić information content (AvgIpc) is 3.21. The number of nitrogens with zero attached hydrogens (tertiary/aromatic N) is 6. The van der Waals surface area contributed by atoms with Crippen LogP contribution in [0.1, 0.15) is 12.0 Å². The smallest absolute Gasteiger partial charge is 0.277 e. The third-order valence-electron chi connectivity index (χ3n) is 4.82.